The van der Waals surface area contributed by atoms with E-state index in [1.807, 2.05) is 0 Å². The van der Waals surface area contributed by atoms with Gasteiger partial charge in [0.1, 0.15) is 11.5 Å². The minimum atomic E-state index is -0.0877. The number of rotatable bonds is 5. The van der Waals surface area contributed by atoms with Crippen molar-refractivity contribution in [1.82, 2.24) is 14.9 Å². The van der Waals surface area contributed by atoms with Gasteiger partial charge in [0.05, 0.1) is 12.4 Å². The second-order valence-electron chi connectivity index (χ2n) is 4.45. The van der Waals surface area contributed by atoms with Gasteiger partial charge in [-0.1, -0.05) is 13.8 Å². The van der Waals surface area contributed by atoms with Crippen molar-refractivity contribution in [2.75, 3.05) is 26.0 Å². The van der Waals surface area contributed by atoms with Crippen molar-refractivity contribution in [3.8, 4) is 0 Å². The van der Waals surface area contributed by atoms with Gasteiger partial charge >= 0.3 is 0 Å². The number of anilines is 1. The van der Waals surface area contributed by atoms with Crippen LogP contribution >= 0.6 is 0 Å². The molecule has 17 heavy (non-hydrogen) atoms. The van der Waals surface area contributed by atoms with Gasteiger partial charge in [0, 0.05) is 20.6 Å². The predicted molar refractivity (Wildman–Crippen MR) is 68.0 cm³/mol. The van der Waals surface area contributed by atoms with Gasteiger partial charge in [0.15, 0.2) is 0 Å². The van der Waals surface area contributed by atoms with Crippen LogP contribution in [0.4, 0.5) is 5.82 Å². The normalized spacial score (nSPS) is 10.4. The molecule has 0 aromatic carbocycles. The number of carbonyl (C=O) groups is 1. The van der Waals surface area contributed by atoms with Gasteiger partial charge in [-0.05, 0) is 12.3 Å². The van der Waals surface area contributed by atoms with Crippen molar-refractivity contribution in [1.29, 1.82) is 0 Å². The highest BCUT2D eigenvalue weighted by molar-refractivity contribution is 5.92. The lowest BCUT2D eigenvalue weighted by molar-refractivity contribution is 0.0783. The highest BCUT2D eigenvalue weighted by atomic mass is 16.2. The molecule has 0 radical (unpaired) electrons. The van der Waals surface area contributed by atoms with Crippen molar-refractivity contribution >= 4 is 11.7 Å². The zero-order chi connectivity index (χ0) is 12.8. The Labute approximate surface area is 102 Å². The quantitative estimate of drug-likeness (QED) is 0.844. The Morgan fingerprint density at radius 2 is 2.18 bits per heavy atom. The van der Waals surface area contributed by atoms with Crippen molar-refractivity contribution in [3.63, 3.8) is 0 Å². The van der Waals surface area contributed by atoms with E-state index < -0.39 is 0 Å². The Morgan fingerprint density at radius 1 is 1.47 bits per heavy atom. The lowest BCUT2D eigenvalue weighted by atomic mass is 10.1. The maximum absolute atomic E-state index is 12.0. The van der Waals surface area contributed by atoms with E-state index in [-0.39, 0.29) is 5.91 Å². The Kier molecular flexibility index (Phi) is 4.87. The van der Waals surface area contributed by atoms with Gasteiger partial charge in [0.2, 0.25) is 0 Å². The van der Waals surface area contributed by atoms with E-state index in [1.54, 1.807) is 25.2 Å². The van der Waals surface area contributed by atoms with E-state index in [4.69, 9.17) is 0 Å². The summed E-state index contributed by atoms with van der Waals surface area (Å²) in [6.45, 7) is 5.02. The third-order valence-electron chi connectivity index (χ3n) is 2.50. The molecular formula is C12H20N4O. The first-order valence-electron chi connectivity index (χ1n) is 5.80. The fourth-order valence-electron chi connectivity index (χ4n) is 1.34. The number of aromatic nitrogens is 2. The first-order valence-corrected chi connectivity index (χ1v) is 5.80. The highest BCUT2D eigenvalue weighted by Crippen LogP contribution is 2.06. The third kappa shape index (κ3) is 4.01. The summed E-state index contributed by atoms with van der Waals surface area (Å²) in [4.78, 5) is 21.9. The van der Waals surface area contributed by atoms with E-state index in [0.29, 0.717) is 17.4 Å². The summed E-state index contributed by atoms with van der Waals surface area (Å²) in [6, 6.07) is 0. The van der Waals surface area contributed by atoms with Crippen LogP contribution in [-0.4, -0.2) is 41.4 Å². The molecule has 0 aliphatic rings. The molecule has 0 bridgehead atoms. The maximum Gasteiger partial charge on any atom is 0.273 e. The van der Waals surface area contributed by atoms with E-state index in [9.17, 15) is 4.79 Å². The lowest BCUT2D eigenvalue weighted by Crippen LogP contribution is -2.29. The van der Waals surface area contributed by atoms with Crippen molar-refractivity contribution < 1.29 is 4.79 Å². The molecule has 0 fully saturated rings. The molecule has 0 atom stereocenters. The van der Waals surface area contributed by atoms with Crippen molar-refractivity contribution in [2.45, 2.75) is 20.3 Å². The molecule has 1 N–H and O–H groups in total. The maximum atomic E-state index is 12.0. The summed E-state index contributed by atoms with van der Waals surface area (Å²) < 4.78 is 0. The molecule has 94 valence electrons. The topological polar surface area (TPSA) is 58.1 Å². The average molecular weight is 236 g/mol. The molecule has 0 aliphatic carbocycles. The Bertz CT molecular complexity index is 379. The minimum absolute atomic E-state index is 0.0877. The highest BCUT2D eigenvalue weighted by Gasteiger charge is 2.14. The van der Waals surface area contributed by atoms with Gasteiger partial charge in [-0.2, -0.15) is 0 Å². The number of carbonyl (C=O) groups excluding carboxylic acids is 1. The summed E-state index contributed by atoms with van der Waals surface area (Å²) in [5.41, 5.74) is 0.378. The molecule has 1 rings (SSSR count). The Balaban J connectivity index is 2.67. The van der Waals surface area contributed by atoms with Gasteiger partial charge in [0.25, 0.3) is 5.91 Å². The monoisotopic (exact) mass is 236 g/mol. The number of amides is 1. The number of nitrogens with one attached hydrogen (secondary N) is 1. The van der Waals surface area contributed by atoms with Crippen LogP contribution in [0.5, 0.6) is 0 Å². The molecule has 1 aromatic heterocycles. The summed E-state index contributed by atoms with van der Waals surface area (Å²) >= 11 is 0. The fourth-order valence-corrected chi connectivity index (χ4v) is 1.34. The van der Waals surface area contributed by atoms with Crippen LogP contribution < -0.4 is 5.32 Å². The average Bonchev–Trinajstić information content (AvgIpc) is 2.35. The van der Waals surface area contributed by atoms with Crippen LogP contribution in [0.3, 0.4) is 0 Å². The third-order valence-corrected chi connectivity index (χ3v) is 2.50. The van der Waals surface area contributed by atoms with Crippen molar-refractivity contribution in [3.05, 3.63) is 18.1 Å². The molecule has 0 unspecified atom stereocenters. The van der Waals surface area contributed by atoms with Crippen LogP contribution in [0, 0.1) is 5.92 Å². The first-order chi connectivity index (χ1) is 8.04. The van der Waals surface area contributed by atoms with Gasteiger partial charge in [-0.15, -0.1) is 0 Å². The summed E-state index contributed by atoms with van der Waals surface area (Å²) in [7, 11) is 3.54. The zero-order valence-electron chi connectivity index (χ0n) is 10.9. The van der Waals surface area contributed by atoms with E-state index in [2.05, 4.69) is 29.1 Å². The van der Waals surface area contributed by atoms with Crippen molar-refractivity contribution in [2.24, 2.45) is 5.92 Å². The van der Waals surface area contributed by atoms with Crippen LogP contribution in [0.25, 0.3) is 0 Å². The van der Waals surface area contributed by atoms with Gasteiger partial charge in [-0.25, -0.2) is 4.98 Å². The first kappa shape index (κ1) is 13.4. The molecule has 5 nitrogen and oxygen atoms in total. The van der Waals surface area contributed by atoms with E-state index >= 15 is 0 Å². The number of hydrogen-bond acceptors (Lipinski definition) is 4. The van der Waals surface area contributed by atoms with Crippen LogP contribution in [0.15, 0.2) is 12.4 Å². The van der Waals surface area contributed by atoms with Gasteiger partial charge < -0.3 is 10.2 Å². The molecule has 1 aromatic rings. The molecule has 0 saturated carbocycles. The predicted octanol–water partition coefficient (Wildman–Crippen LogP) is 1.64. The SMILES string of the molecule is CNc1cncc(C(=O)N(C)CCC(C)C)n1. The fraction of sp³-hybridized carbons (Fsp3) is 0.583. The summed E-state index contributed by atoms with van der Waals surface area (Å²) in [5, 5.41) is 2.87. The second kappa shape index (κ2) is 6.18. The molecule has 0 aliphatic heterocycles. The largest absolute Gasteiger partial charge is 0.372 e. The Hall–Kier alpha value is -1.65. The molecule has 0 saturated heterocycles. The standard InChI is InChI=1S/C12H20N4O/c1-9(2)5-6-16(4)12(17)10-7-14-8-11(13-3)15-10/h7-9H,5-6H2,1-4H3,(H,13,15). The smallest absolute Gasteiger partial charge is 0.273 e. The Morgan fingerprint density at radius 3 is 2.76 bits per heavy atom. The molecule has 1 amide bonds. The van der Waals surface area contributed by atoms with E-state index in [1.165, 1.54) is 6.20 Å². The summed E-state index contributed by atoms with van der Waals surface area (Å²) in [6.07, 6.45) is 4.07. The van der Waals surface area contributed by atoms with Crippen LogP contribution in [0.1, 0.15) is 30.8 Å². The zero-order valence-corrected chi connectivity index (χ0v) is 10.9. The second-order valence-corrected chi connectivity index (χ2v) is 4.45. The summed E-state index contributed by atoms with van der Waals surface area (Å²) in [5.74, 6) is 1.10. The molecular weight excluding hydrogens is 216 g/mol. The minimum Gasteiger partial charge on any atom is -0.372 e. The van der Waals surface area contributed by atoms with Gasteiger partial charge in [-0.3, -0.25) is 9.78 Å². The number of nitrogens with zero attached hydrogens (tertiary/aromatic N) is 3. The molecule has 1 heterocycles. The molecule has 0 spiro atoms. The van der Waals surface area contributed by atoms with Crippen LogP contribution in [0.2, 0.25) is 0 Å². The van der Waals surface area contributed by atoms with E-state index in [0.717, 1.165) is 13.0 Å². The molecule has 5 heteroatoms. The van der Waals surface area contributed by atoms with Crippen LogP contribution in [-0.2, 0) is 0 Å². The lowest BCUT2D eigenvalue weighted by Gasteiger charge is -2.17. The number of hydrogen-bond donors (Lipinski definition) is 1.